The molecule has 0 amide bonds. The van der Waals surface area contributed by atoms with E-state index >= 15 is 0 Å². The monoisotopic (exact) mass is 247 g/mol. The van der Waals surface area contributed by atoms with Crippen molar-refractivity contribution in [3.63, 3.8) is 0 Å². The Hall–Kier alpha value is -1.72. The van der Waals surface area contributed by atoms with Crippen molar-refractivity contribution in [3.8, 4) is 0 Å². The summed E-state index contributed by atoms with van der Waals surface area (Å²) in [4.78, 5) is 11.1. The zero-order valence-corrected chi connectivity index (χ0v) is 9.17. The number of nitrogens with two attached hydrogens (primary N) is 1. The maximum absolute atomic E-state index is 11.8. The zero-order valence-electron chi connectivity index (χ0n) is 9.17. The Morgan fingerprint density at radius 1 is 1.41 bits per heavy atom. The quantitative estimate of drug-likeness (QED) is 0.658. The van der Waals surface area contributed by atoms with Crippen molar-refractivity contribution in [2.75, 3.05) is 12.3 Å². The summed E-state index contributed by atoms with van der Waals surface area (Å²) >= 11 is 0. The number of ether oxygens (including phenoxy) is 1. The molecule has 0 saturated carbocycles. The maximum atomic E-state index is 11.8. The van der Waals surface area contributed by atoms with Gasteiger partial charge < -0.3 is 10.5 Å². The van der Waals surface area contributed by atoms with Crippen LogP contribution in [0.4, 0.5) is 18.9 Å². The molecule has 0 atom stereocenters. The summed E-state index contributed by atoms with van der Waals surface area (Å²) in [7, 11) is 0. The molecule has 0 spiro atoms. The van der Waals surface area contributed by atoms with Gasteiger partial charge in [-0.2, -0.15) is 13.2 Å². The first kappa shape index (κ1) is 13.3. The van der Waals surface area contributed by atoms with Crippen molar-refractivity contribution in [3.05, 3.63) is 29.3 Å². The molecule has 0 fully saturated rings. The van der Waals surface area contributed by atoms with E-state index in [1.165, 1.54) is 0 Å². The predicted octanol–water partition coefficient (Wildman–Crippen LogP) is 2.23. The SMILES string of the molecule is Cc1ccc(CC(=O)OCC(F)(F)F)c(N)c1. The molecular formula is C11H12F3NO2. The normalized spacial score (nSPS) is 11.3. The van der Waals surface area contributed by atoms with Gasteiger partial charge in [0, 0.05) is 5.69 Å². The number of hydrogen-bond acceptors (Lipinski definition) is 3. The number of benzene rings is 1. The molecule has 0 aromatic heterocycles. The maximum Gasteiger partial charge on any atom is 0.422 e. The van der Waals surface area contributed by atoms with E-state index in [1.807, 2.05) is 6.92 Å². The number of carbonyl (C=O) groups excluding carboxylic acids is 1. The van der Waals surface area contributed by atoms with Crippen molar-refractivity contribution >= 4 is 11.7 Å². The van der Waals surface area contributed by atoms with Crippen molar-refractivity contribution in [2.45, 2.75) is 19.5 Å². The molecule has 3 nitrogen and oxygen atoms in total. The number of esters is 1. The predicted molar refractivity (Wildman–Crippen MR) is 56.3 cm³/mol. The van der Waals surface area contributed by atoms with Gasteiger partial charge in [-0.1, -0.05) is 12.1 Å². The second kappa shape index (κ2) is 5.07. The lowest BCUT2D eigenvalue weighted by atomic mass is 10.1. The van der Waals surface area contributed by atoms with E-state index in [2.05, 4.69) is 4.74 Å². The molecule has 0 heterocycles. The minimum Gasteiger partial charge on any atom is -0.456 e. The molecule has 0 saturated heterocycles. The fourth-order valence-corrected chi connectivity index (χ4v) is 1.24. The number of rotatable bonds is 3. The van der Waals surface area contributed by atoms with Crippen molar-refractivity contribution < 1.29 is 22.7 Å². The van der Waals surface area contributed by atoms with Crippen LogP contribution in [-0.4, -0.2) is 18.8 Å². The minimum atomic E-state index is -4.51. The van der Waals surface area contributed by atoms with Gasteiger partial charge in [0.2, 0.25) is 0 Å². The van der Waals surface area contributed by atoms with Crippen LogP contribution in [0, 0.1) is 6.92 Å². The van der Waals surface area contributed by atoms with Crippen molar-refractivity contribution in [1.29, 1.82) is 0 Å². The van der Waals surface area contributed by atoms with E-state index in [4.69, 9.17) is 5.73 Å². The lowest BCUT2D eigenvalue weighted by Crippen LogP contribution is -2.21. The fraction of sp³-hybridized carbons (Fsp3) is 0.364. The van der Waals surface area contributed by atoms with Gasteiger partial charge in [0.15, 0.2) is 6.61 Å². The molecule has 94 valence electrons. The van der Waals surface area contributed by atoms with Crippen LogP contribution in [0.1, 0.15) is 11.1 Å². The second-order valence-electron chi connectivity index (χ2n) is 3.65. The van der Waals surface area contributed by atoms with Crippen LogP contribution < -0.4 is 5.73 Å². The number of carbonyl (C=O) groups is 1. The van der Waals surface area contributed by atoms with Crippen LogP contribution in [0.25, 0.3) is 0 Å². The molecule has 1 rings (SSSR count). The molecule has 1 aromatic carbocycles. The third-order valence-electron chi connectivity index (χ3n) is 2.03. The smallest absolute Gasteiger partial charge is 0.422 e. The molecule has 0 unspecified atom stereocenters. The average molecular weight is 247 g/mol. The molecule has 17 heavy (non-hydrogen) atoms. The van der Waals surface area contributed by atoms with E-state index in [1.54, 1.807) is 18.2 Å². The summed E-state index contributed by atoms with van der Waals surface area (Å²) in [6.45, 7) is 0.250. The minimum absolute atomic E-state index is 0.262. The van der Waals surface area contributed by atoms with Gasteiger partial charge in [-0.3, -0.25) is 4.79 Å². The van der Waals surface area contributed by atoms with Crippen LogP contribution >= 0.6 is 0 Å². The van der Waals surface area contributed by atoms with Gasteiger partial charge in [0.25, 0.3) is 0 Å². The van der Waals surface area contributed by atoms with Crippen molar-refractivity contribution in [2.24, 2.45) is 0 Å². The van der Waals surface area contributed by atoms with Gasteiger partial charge in [0.05, 0.1) is 6.42 Å². The van der Waals surface area contributed by atoms with Crippen LogP contribution in [0.5, 0.6) is 0 Å². The highest BCUT2D eigenvalue weighted by molar-refractivity contribution is 5.75. The van der Waals surface area contributed by atoms with E-state index in [0.717, 1.165) is 5.56 Å². The number of halogens is 3. The lowest BCUT2D eigenvalue weighted by molar-refractivity contribution is -0.185. The van der Waals surface area contributed by atoms with Gasteiger partial charge in [-0.05, 0) is 24.1 Å². The topological polar surface area (TPSA) is 52.3 Å². The average Bonchev–Trinajstić information content (AvgIpc) is 2.18. The summed E-state index contributed by atoms with van der Waals surface area (Å²) in [6, 6.07) is 4.97. The molecule has 0 radical (unpaired) electrons. The number of nitrogen functional groups attached to an aromatic ring is 1. The Labute approximate surface area is 96.4 Å². The molecule has 0 aliphatic rings. The Balaban J connectivity index is 2.57. The summed E-state index contributed by atoms with van der Waals surface area (Å²) in [5.74, 6) is -0.946. The van der Waals surface area contributed by atoms with E-state index < -0.39 is 18.8 Å². The van der Waals surface area contributed by atoms with Crippen LogP contribution in [-0.2, 0) is 16.0 Å². The molecule has 1 aromatic rings. The number of aryl methyl sites for hydroxylation is 1. The Morgan fingerprint density at radius 3 is 2.59 bits per heavy atom. The summed E-state index contributed by atoms with van der Waals surface area (Å²) in [5.41, 5.74) is 7.36. The molecule has 2 N–H and O–H groups in total. The zero-order chi connectivity index (χ0) is 13.1. The largest absolute Gasteiger partial charge is 0.456 e. The third kappa shape index (κ3) is 4.76. The summed E-state index contributed by atoms with van der Waals surface area (Å²) in [5, 5.41) is 0. The lowest BCUT2D eigenvalue weighted by Gasteiger charge is -2.09. The molecule has 0 bridgehead atoms. The highest BCUT2D eigenvalue weighted by atomic mass is 19.4. The fourth-order valence-electron chi connectivity index (χ4n) is 1.24. The first-order valence-corrected chi connectivity index (χ1v) is 4.85. The Kier molecular flexibility index (Phi) is 3.98. The van der Waals surface area contributed by atoms with Gasteiger partial charge in [-0.15, -0.1) is 0 Å². The van der Waals surface area contributed by atoms with E-state index in [9.17, 15) is 18.0 Å². The summed E-state index contributed by atoms with van der Waals surface area (Å²) < 4.78 is 39.4. The van der Waals surface area contributed by atoms with Gasteiger partial charge in [0.1, 0.15) is 0 Å². The molecule has 6 heteroatoms. The summed E-state index contributed by atoms with van der Waals surface area (Å²) in [6.07, 6.45) is -4.77. The third-order valence-corrected chi connectivity index (χ3v) is 2.03. The van der Waals surface area contributed by atoms with E-state index in [0.29, 0.717) is 11.3 Å². The highest BCUT2D eigenvalue weighted by Gasteiger charge is 2.29. The van der Waals surface area contributed by atoms with E-state index in [-0.39, 0.29) is 6.42 Å². The number of anilines is 1. The standard InChI is InChI=1S/C11H12F3NO2/c1-7-2-3-8(9(15)4-7)5-10(16)17-6-11(12,13)14/h2-4H,5-6,15H2,1H3. The van der Waals surface area contributed by atoms with Crippen molar-refractivity contribution in [1.82, 2.24) is 0 Å². The van der Waals surface area contributed by atoms with Gasteiger partial charge >= 0.3 is 12.1 Å². The van der Waals surface area contributed by atoms with Crippen LogP contribution in [0.15, 0.2) is 18.2 Å². The highest BCUT2D eigenvalue weighted by Crippen LogP contribution is 2.17. The molecular weight excluding hydrogens is 235 g/mol. The van der Waals surface area contributed by atoms with Crippen LogP contribution in [0.2, 0.25) is 0 Å². The van der Waals surface area contributed by atoms with Gasteiger partial charge in [-0.25, -0.2) is 0 Å². The number of alkyl halides is 3. The van der Waals surface area contributed by atoms with Crippen LogP contribution in [0.3, 0.4) is 0 Å². The Morgan fingerprint density at radius 2 is 2.06 bits per heavy atom. The number of hydrogen-bond donors (Lipinski definition) is 1. The first-order chi connectivity index (χ1) is 7.78. The molecule has 0 aliphatic heterocycles. The second-order valence-corrected chi connectivity index (χ2v) is 3.65. The molecule has 0 aliphatic carbocycles. The Bertz CT molecular complexity index is 416. The first-order valence-electron chi connectivity index (χ1n) is 4.85.